The third-order valence-electron chi connectivity index (χ3n) is 5.27. The second kappa shape index (κ2) is 5.13. The van der Waals surface area contributed by atoms with Gasteiger partial charge in [0.05, 0.1) is 0 Å². The van der Waals surface area contributed by atoms with Gasteiger partial charge in [-0.1, -0.05) is 45.0 Å². The minimum absolute atomic E-state index is 0.324. The summed E-state index contributed by atoms with van der Waals surface area (Å²) in [4.78, 5) is 14.2. The van der Waals surface area contributed by atoms with Crippen LogP contribution in [0.2, 0.25) is 0 Å². The van der Waals surface area contributed by atoms with Crippen LogP contribution < -0.4 is 0 Å². The Morgan fingerprint density at radius 1 is 1.29 bits per heavy atom. The zero-order valence-corrected chi connectivity index (χ0v) is 13.2. The monoisotopic (exact) mass is 287 g/mol. The van der Waals surface area contributed by atoms with Crippen molar-refractivity contribution in [3.63, 3.8) is 0 Å². The maximum Gasteiger partial charge on any atom is 0.325 e. The lowest BCUT2D eigenvalue weighted by Gasteiger charge is -2.40. The number of rotatable bonds is 2. The molecule has 1 aliphatic carbocycles. The number of nitrogens with zero attached hydrogens (tertiary/aromatic N) is 1. The van der Waals surface area contributed by atoms with E-state index in [2.05, 4.69) is 31.7 Å². The maximum absolute atomic E-state index is 11.9. The molecule has 1 heterocycles. The number of carboxylic acid groups (broad SMARTS) is 1. The van der Waals surface area contributed by atoms with Gasteiger partial charge in [0.25, 0.3) is 0 Å². The first-order valence-corrected chi connectivity index (χ1v) is 7.95. The van der Waals surface area contributed by atoms with E-state index in [9.17, 15) is 9.90 Å². The Morgan fingerprint density at radius 2 is 2.00 bits per heavy atom. The topological polar surface area (TPSA) is 40.5 Å². The van der Waals surface area contributed by atoms with Gasteiger partial charge in [0.15, 0.2) is 0 Å². The van der Waals surface area contributed by atoms with Gasteiger partial charge < -0.3 is 5.11 Å². The smallest absolute Gasteiger partial charge is 0.325 e. The minimum Gasteiger partial charge on any atom is -0.480 e. The Kier molecular flexibility index (Phi) is 3.56. The van der Waals surface area contributed by atoms with E-state index < -0.39 is 12.0 Å². The molecule has 0 radical (unpaired) electrons. The standard InChI is InChI=1S/C18H25NO2/c1-12-10-18(2,3)11-15(12)19-9-8-13-6-4-5-7-14(13)16(19)17(20)21/h4-7,12,15-16H,8-11H2,1-3H3,(H,20,21). The van der Waals surface area contributed by atoms with Gasteiger partial charge >= 0.3 is 5.97 Å². The van der Waals surface area contributed by atoms with Crippen molar-refractivity contribution in [2.45, 2.75) is 52.1 Å². The van der Waals surface area contributed by atoms with Crippen LogP contribution in [0.15, 0.2) is 24.3 Å². The molecule has 3 nitrogen and oxygen atoms in total. The molecule has 1 saturated carbocycles. The molecule has 114 valence electrons. The van der Waals surface area contributed by atoms with E-state index in [1.165, 1.54) is 12.0 Å². The average molecular weight is 287 g/mol. The Labute approximate surface area is 127 Å². The summed E-state index contributed by atoms with van der Waals surface area (Å²) in [5, 5.41) is 9.79. The predicted octanol–water partition coefficient (Wildman–Crippen LogP) is 3.50. The molecular weight excluding hydrogens is 262 g/mol. The highest BCUT2D eigenvalue weighted by molar-refractivity contribution is 5.76. The molecule has 0 saturated heterocycles. The average Bonchev–Trinajstić information content (AvgIpc) is 2.70. The molecule has 3 unspecified atom stereocenters. The zero-order chi connectivity index (χ0) is 15.2. The van der Waals surface area contributed by atoms with Crippen molar-refractivity contribution >= 4 is 5.97 Å². The molecule has 0 aromatic heterocycles. The number of hydrogen-bond donors (Lipinski definition) is 1. The zero-order valence-electron chi connectivity index (χ0n) is 13.2. The summed E-state index contributed by atoms with van der Waals surface area (Å²) in [6.07, 6.45) is 3.24. The third kappa shape index (κ3) is 2.59. The van der Waals surface area contributed by atoms with E-state index in [1.54, 1.807) is 0 Å². The summed E-state index contributed by atoms with van der Waals surface area (Å²) in [5.41, 5.74) is 2.52. The second-order valence-corrected chi connectivity index (χ2v) is 7.54. The lowest BCUT2D eigenvalue weighted by Crippen LogP contribution is -2.47. The number of carbonyl (C=O) groups is 1. The summed E-state index contributed by atoms with van der Waals surface area (Å²) in [7, 11) is 0. The van der Waals surface area contributed by atoms with Crippen molar-refractivity contribution in [1.29, 1.82) is 0 Å². The predicted molar refractivity (Wildman–Crippen MR) is 83.2 cm³/mol. The molecule has 1 fully saturated rings. The Bertz CT molecular complexity index is 552. The first-order valence-electron chi connectivity index (χ1n) is 7.95. The van der Waals surface area contributed by atoms with Gasteiger partial charge in [-0.25, -0.2) is 0 Å². The molecule has 3 atom stereocenters. The third-order valence-corrected chi connectivity index (χ3v) is 5.27. The van der Waals surface area contributed by atoms with E-state index >= 15 is 0 Å². The van der Waals surface area contributed by atoms with Gasteiger partial charge in [0.1, 0.15) is 6.04 Å². The Morgan fingerprint density at radius 3 is 2.62 bits per heavy atom. The summed E-state index contributed by atoms with van der Waals surface area (Å²) >= 11 is 0. The van der Waals surface area contributed by atoms with Crippen molar-refractivity contribution in [2.24, 2.45) is 11.3 Å². The van der Waals surface area contributed by atoms with Gasteiger partial charge in [-0.05, 0) is 41.7 Å². The molecule has 21 heavy (non-hydrogen) atoms. The fraction of sp³-hybridized carbons (Fsp3) is 0.611. The Balaban J connectivity index is 1.95. The lowest BCUT2D eigenvalue weighted by molar-refractivity contribution is -0.145. The summed E-state index contributed by atoms with van der Waals surface area (Å²) < 4.78 is 0. The van der Waals surface area contributed by atoms with Crippen LogP contribution in [0.4, 0.5) is 0 Å². The van der Waals surface area contributed by atoms with Crippen LogP contribution in [-0.2, 0) is 11.2 Å². The molecule has 0 spiro atoms. The number of carboxylic acids is 1. The quantitative estimate of drug-likeness (QED) is 0.905. The molecular formula is C18H25NO2. The van der Waals surface area contributed by atoms with E-state index in [1.807, 2.05) is 18.2 Å². The first-order chi connectivity index (χ1) is 9.89. The summed E-state index contributed by atoms with van der Waals surface area (Å²) in [6.45, 7) is 7.74. The van der Waals surface area contributed by atoms with E-state index in [-0.39, 0.29) is 0 Å². The maximum atomic E-state index is 11.9. The Hall–Kier alpha value is -1.35. The molecule has 3 heteroatoms. The van der Waals surface area contributed by atoms with Crippen LogP contribution >= 0.6 is 0 Å². The van der Waals surface area contributed by atoms with Crippen LogP contribution in [0, 0.1) is 11.3 Å². The van der Waals surface area contributed by atoms with Crippen molar-refractivity contribution in [1.82, 2.24) is 4.90 Å². The number of benzene rings is 1. The molecule has 1 N–H and O–H groups in total. The first kappa shape index (κ1) is 14.6. The normalized spacial score (nSPS) is 31.9. The van der Waals surface area contributed by atoms with Crippen molar-refractivity contribution < 1.29 is 9.90 Å². The summed E-state index contributed by atoms with van der Waals surface area (Å²) in [6, 6.07) is 7.94. The highest BCUT2D eigenvalue weighted by Crippen LogP contribution is 2.46. The van der Waals surface area contributed by atoms with Gasteiger partial charge in [-0.2, -0.15) is 0 Å². The van der Waals surface area contributed by atoms with Gasteiger partial charge in [0.2, 0.25) is 0 Å². The van der Waals surface area contributed by atoms with E-state index in [4.69, 9.17) is 0 Å². The molecule has 0 bridgehead atoms. The van der Waals surface area contributed by atoms with Gasteiger partial charge in [-0.3, -0.25) is 9.69 Å². The fourth-order valence-electron chi connectivity index (χ4n) is 4.52. The number of hydrogen-bond acceptors (Lipinski definition) is 2. The lowest BCUT2D eigenvalue weighted by atomic mass is 9.89. The molecule has 3 rings (SSSR count). The van der Waals surface area contributed by atoms with Crippen LogP contribution in [0.25, 0.3) is 0 Å². The van der Waals surface area contributed by atoms with E-state index in [0.29, 0.717) is 17.4 Å². The largest absolute Gasteiger partial charge is 0.480 e. The number of aliphatic carboxylic acids is 1. The van der Waals surface area contributed by atoms with Gasteiger partial charge in [0, 0.05) is 12.6 Å². The highest BCUT2D eigenvalue weighted by atomic mass is 16.4. The van der Waals surface area contributed by atoms with Crippen molar-refractivity contribution in [2.75, 3.05) is 6.54 Å². The highest BCUT2D eigenvalue weighted by Gasteiger charge is 2.45. The van der Waals surface area contributed by atoms with Crippen molar-refractivity contribution in [3.05, 3.63) is 35.4 Å². The van der Waals surface area contributed by atoms with Crippen LogP contribution in [0.1, 0.15) is 50.8 Å². The van der Waals surface area contributed by atoms with Crippen LogP contribution in [-0.4, -0.2) is 28.6 Å². The molecule has 1 aromatic rings. The molecule has 0 amide bonds. The van der Waals surface area contributed by atoms with Crippen molar-refractivity contribution in [3.8, 4) is 0 Å². The second-order valence-electron chi connectivity index (χ2n) is 7.54. The molecule has 1 aromatic carbocycles. The summed E-state index contributed by atoms with van der Waals surface area (Å²) in [5.74, 6) is -0.147. The van der Waals surface area contributed by atoms with Crippen LogP contribution in [0.3, 0.4) is 0 Å². The SMILES string of the molecule is CC1CC(C)(C)CC1N1CCc2ccccc2C1C(=O)O. The van der Waals surface area contributed by atoms with Gasteiger partial charge in [-0.15, -0.1) is 0 Å². The van der Waals surface area contributed by atoms with Crippen LogP contribution in [0.5, 0.6) is 0 Å². The molecule has 2 aliphatic rings. The minimum atomic E-state index is -0.709. The fourth-order valence-corrected chi connectivity index (χ4v) is 4.52. The molecule has 1 aliphatic heterocycles. The number of fused-ring (bicyclic) bond motifs is 1. The van der Waals surface area contributed by atoms with E-state index in [0.717, 1.165) is 24.9 Å².